The number of nitrogens with one attached hydrogen (secondary N) is 2. The van der Waals surface area contributed by atoms with Crippen LogP contribution in [-0.4, -0.2) is 32.7 Å². The van der Waals surface area contributed by atoms with Crippen molar-refractivity contribution in [2.75, 3.05) is 19.5 Å². The van der Waals surface area contributed by atoms with Gasteiger partial charge < -0.3 is 19.7 Å². The van der Waals surface area contributed by atoms with Crippen molar-refractivity contribution in [3.05, 3.63) is 53.1 Å². The van der Waals surface area contributed by atoms with Gasteiger partial charge in [0, 0.05) is 16.3 Å². The number of methoxy groups -OCH3 is 1. The first-order chi connectivity index (χ1) is 12.8. The number of rotatable bonds is 8. The number of ether oxygens (including phenoxy) is 2. The van der Waals surface area contributed by atoms with Gasteiger partial charge in [0.05, 0.1) is 14.2 Å². The Morgan fingerprint density at radius 1 is 1.22 bits per heavy atom. The highest BCUT2D eigenvalue weighted by atomic mass is 35.5. The van der Waals surface area contributed by atoms with Gasteiger partial charge in [-0.1, -0.05) is 17.7 Å². The van der Waals surface area contributed by atoms with Crippen LogP contribution in [0.3, 0.4) is 0 Å². The maximum Gasteiger partial charge on any atom is 0.387 e. The summed E-state index contributed by atoms with van der Waals surface area (Å²) in [6, 6.07) is 11.3. The first-order valence-electron chi connectivity index (χ1n) is 8.30. The molecule has 0 aliphatic rings. The first-order valence-corrected chi connectivity index (χ1v) is 8.68. The molecule has 5 nitrogen and oxygen atoms in total. The van der Waals surface area contributed by atoms with Gasteiger partial charge in [-0.15, -0.1) is 0 Å². The molecule has 0 spiro atoms. The van der Waals surface area contributed by atoms with Crippen molar-refractivity contribution >= 4 is 23.2 Å². The average molecular weight is 400 g/mol. The molecule has 2 N–H and O–H groups in total. The Labute approximate surface area is 161 Å². The van der Waals surface area contributed by atoms with Gasteiger partial charge in [0.15, 0.2) is 17.5 Å². The Balaban J connectivity index is 2.02. The van der Waals surface area contributed by atoms with Gasteiger partial charge in [-0.05, 0) is 43.3 Å². The molecule has 2 rings (SSSR count). The number of quaternary nitrogens is 1. The summed E-state index contributed by atoms with van der Waals surface area (Å²) in [6.45, 7) is -0.621. The standard InChI is InChI=1S/C19H21ClF2N2O3/c1-12(18(25)23-15-6-4-5-14(20)10-15)24(2)11-13-7-8-16(27-19(21)22)17(9-13)26-3/h4-10,12,19H,11H2,1-3H3,(H,23,25)/p+1/t12-/m1/s1. The van der Waals surface area contributed by atoms with Gasteiger partial charge in [0.1, 0.15) is 6.54 Å². The molecule has 2 aromatic rings. The molecule has 0 fully saturated rings. The number of hydrogen-bond acceptors (Lipinski definition) is 3. The number of alkyl halides is 2. The number of likely N-dealkylation sites (N-methyl/N-ethyl adjacent to an activating group) is 1. The highest BCUT2D eigenvalue weighted by Gasteiger charge is 2.23. The van der Waals surface area contributed by atoms with E-state index in [1.807, 2.05) is 7.05 Å². The van der Waals surface area contributed by atoms with Crippen LogP contribution in [-0.2, 0) is 11.3 Å². The van der Waals surface area contributed by atoms with Crippen molar-refractivity contribution < 1.29 is 27.9 Å². The molecule has 146 valence electrons. The van der Waals surface area contributed by atoms with Gasteiger partial charge in [-0.2, -0.15) is 8.78 Å². The first kappa shape index (κ1) is 20.9. The van der Waals surface area contributed by atoms with E-state index in [0.717, 1.165) is 10.5 Å². The molecule has 0 saturated heterocycles. The van der Waals surface area contributed by atoms with E-state index >= 15 is 0 Å². The maximum atomic E-state index is 12.5. The number of carbonyl (C=O) groups is 1. The molecule has 2 aromatic carbocycles. The second kappa shape index (κ2) is 9.53. The predicted octanol–water partition coefficient (Wildman–Crippen LogP) is 2.99. The highest BCUT2D eigenvalue weighted by molar-refractivity contribution is 6.30. The molecular formula is C19H22ClF2N2O3+. The predicted molar refractivity (Wildman–Crippen MR) is 99.8 cm³/mol. The minimum Gasteiger partial charge on any atom is -0.493 e. The zero-order valence-electron chi connectivity index (χ0n) is 15.3. The van der Waals surface area contributed by atoms with Crippen molar-refractivity contribution in [2.24, 2.45) is 0 Å². The number of halogens is 3. The smallest absolute Gasteiger partial charge is 0.387 e. The highest BCUT2D eigenvalue weighted by Crippen LogP contribution is 2.29. The molecular weight excluding hydrogens is 378 g/mol. The summed E-state index contributed by atoms with van der Waals surface area (Å²) < 4.78 is 34.3. The summed E-state index contributed by atoms with van der Waals surface area (Å²) in [5.74, 6) is 0.0386. The lowest BCUT2D eigenvalue weighted by atomic mass is 10.1. The molecule has 0 saturated carbocycles. The fourth-order valence-electron chi connectivity index (χ4n) is 2.53. The lowest BCUT2D eigenvalue weighted by Crippen LogP contribution is -3.12. The van der Waals surface area contributed by atoms with Crippen molar-refractivity contribution in [1.82, 2.24) is 0 Å². The van der Waals surface area contributed by atoms with Crippen molar-refractivity contribution in [3.63, 3.8) is 0 Å². The van der Waals surface area contributed by atoms with Gasteiger partial charge in [0.25, 0.3) is 5.91 Å². The zero-order chi connectivity index (χ0) is 20.0. The van der Waals surface area contributed by atoms with Crippen LogP contribution in [0.4, 0.5) is 14.5 Å². The van der Waals surface area contributed by atoms with Crippen LogP contribution in [0.1, 0.15) is 12.5 Å². The minimum absolute atomic E-state index is 0.0272. The Kier molecular flexibility index (Phi) is 7.38. The molecule has 27 heavy (non-hydrogen) atoms. The van der Waals surface area contributed by atoms with Crippen molar-refractivity contribution in [2.45, 2.75) is 26.1 Å². The molecule has 0 aliphatic carbocycles. The van der Waals surface area contributed by atoms with Gasteiger partial charge in [-0.25, -0.2) is 0 Å². The van der Waals surface area contributed by atoms with Crippen LogP contribution in [0.25, 0.3) is 0 Å². The molecule has 1 amide bonds. The van der Waals surface area contributed by atoms with E-state index in [0.29, 0.717) is 17.3 Å². The average Bonchev–Trinajstić information content (AvgIpc) is 2.61. The number of anilines is 1. The number of hydrogen-bond donors (Lipinski definition) is 2. The third-order valence-electron chi connectivity index (χ3n) is 4.15. The maximum absolute atomic E-state index is 12.5. The van der Waals surface area contributed by atoms with E-state index in [9.17, 15) is 13.6 Å². The summed E-state index contributed by atoms with van der Waals surface area (Å²) in [4.78, 5) is 13.4. The number of carbonyl (C=O) groups excluding carboxylic acids is 1. The number of benzene rings is 2. The van der Waals surface area contributed by atoms with Gasteiger partial charge >= 0.3 is 6.61 Å². The monoisotopic (exact) mass is 399 g/mol. The van der Waals surface area contributed by atoms with E-state index in [4.69, 9.17) is 16.3 Å². The summed E-state index contributed by atoms with van der Waals surface area (Å²) in [5, 5.41) is 3.37. The summed E-state index contributed by atoms with van der Waals surface area (Å²) in [6.07, 6.45) is 0. The Hall–Kier alpha value is -2.38. The summed E-state index contributed by atoms with van der Waals surface area (Å²) in [5.41, 5.74) is 1.45. The van der Waals surface area contributed by atoms with Gasteiger partial charge in [-0.3, -0.25) is 4.79 Å². The molecule has 0 radical (unpaired) electrons. The van der Waals surface area contributed by atoms with E-state index in [1.165, 1.54) is 13.2 Å². The van der Waals surface area contributed by atoms with E-state index in [2.05, 4.69) is 10.1 Å². The summed E-state index contributed by atoms with van der Waals surface area (Å²) in [7, 11) is 3.26. The minimum atomic E-state index is -2.92. The zero-order valence-corrected chi connectivity index (χ0v) is 16.0. The third-order valence-corrected chi connectivity index (χ3v) is 4.39. The molecule has 1 unspecified atom stereocenters. The Morgan fingerprint density at radius 3 is 2.59 bits per heavy atom. The second-order valence-corrected chi connectivity index (χ2v) is 6.54. The SMILES string of the molecule is COc1cc(C[NH+](C)[C@H](C)C(=O)Nc2cccc(Cl)c2)ccc1OC(F)F. The fourth-order valence-corrected chi connectivity index (χ4v) is 2.72. The van der Waals surface area contributed by atoms with Crippen molar-refractivity contribution in [1.29, 1.82) is 0 Å². The normalized spacial score (nSPS) is 13.1. The number of amides is 1. The van der Waals surface area contributed by atoms with Crippen molar-refractivity contribution in [3.8, 4) is 11.5 Å². The molecule has 0 aromatic heterocycles. The topological polar surface area (TPSA) is 52.0 Å². The lowest BCUT2D eigenvalue weighted by molar-refractivity contribution is -0.907. The van der Waals surface area contributed by atoms with Crippen LogP contribution < -0.4 is 19.7 Å². The largest absolute Gasteiger partial charge is 0.493 e. The quantitative estimate of drug-likeness (QED) is 0.717. The van der Waals surface area contributed by atoms with E-state index in [-0.39, 0.29) is 23.4 Å². The van der Waals surface area contributed by atoms with Crippen LogP contribution in [0.15, 0.2) is 42.5 Å². The molecule has 0 bridgehead atoms. The van der Waals surface area contributed by atoms with Crippen LogP contribution in [0, 0.1) is 0 Å². The summed E-state index contributed by atoms with van der Waals surface area (Å²) >= 11 is 5.92. The second-order valence-electron chi connectivity index (χ2n) is 6.11. The van der Waals surface area contributed by atoms with Crippen LogP contribution in [0.5, 0.6) is 11.5 Å². The van der Waals surface area contributed by atoms with E-state index in [1.54, 1.807) is 43.3 Å². The molecule has 0 aliphatic heterocycles. The Morgan fingerprint density at radius 2 is 1.96 bits per heavy atom. The molecule has 0 heterocycles. The van der Waals surface area contributed by atoms with Crippen LogP contribution >= 0.6 is 11.6 Å². The molecule has 2 atom stereocenters. The van der Waals surface area contributed by atoms with Crippen LogP contribution in [0.2, 0.25) is 5.02 Å². The fraction of sp³-hybridized carbons (Fsp3) is 0.316. The lowest BCUT2D eigenvalue weighted by Gasteiger charge is -2.21. The molecule has 8 heteroatoms. The third kappa shape index (κ3) is 6.08. The Bertz CT molecular complexity index is 789. The van der Waals surface area contributed by atoms with E-state index < -0.39 is 6.61 Å². The van der Waals surface area contributed by atoms with Gasteiger partial charge in [0.2, 0.25) is 0 Å².